The van der Waals surface area contributed by atoms with Crippen LogP contribution in [0, 0.1) is 0 Å². The molecule has 1 aromatic carbocycles. The van der Waals surface area contributed by atoms with E-state index in [1.807, 2.05) is 24.3 Å². The second kappa shape index (κ2) is 4.47. The van der Waals surface area contributed by atoms with Gasteiger partial charge < -0.3 is 9.52 Å². The summed E-state index contributed by atoms with van der Waals surface area (Å²) < 4.78 is 5.69. The van der Waals surface area contributed by atoms with E-state index in [1.165, 1.54) is 0 Å². The van der Waals surface area contributed by atoms with Crippen molar-refractivity contribution in [1.29, 1.82) is 0 Å². The second-order valence-electron chi connectivity index (χ2n) is 4.52. The molecule has 3 rings (SSSR count). The van der Waals surface area contributed by atoms with Crippen LogP contribution in [0.3, 0.4) is 0 Å². The maximum Gasteiger partial charge on any atom is 0.209 e. The first-order valence-electron chi connectivity index (χ1n) is 6.06. The molecular weight excluding hydrogens is 216 g/mol. The minimum Gasteiger partial charge on any atom is -0.439 e. The molecule has 1 aliphatic rings. The lowest BCUT2D eigenvalue weighted by molar-refractivity contribution is 0.145. The number of hydrogen-bond donors (Lipinski definition) is 1. The molecule has 1 fully saturated rings. The Bertz CT molecular complexity index is 476. The summed E-state index contributed by atoms with van der Waals surface area (Å²) >= 11 is 0. The lowest BCUT2D eigenvalue weighted by Gasteiger charge is -2.20. The molecule has 1 atom stereocenters. The van der Waals surface area contributed by atoms with Gasteiger partial charge in [0, 0.05) is 6.04 Å². The summed E-state index contributed by atoms with van der Waals surface area (Å²) in [7, 11) is 0. The van der Waals surface area contributed by atoms with Gasteiger partial charge in [-0.15, -0.1) is 0 Å². The van der Waals surface area contributed by atoms with Gasteiger partial charge in [-0.1, -0.05) is 12.1 Å². The minimum absolute atomic E-state index is 0.222. The normalized spacial score (nSPS) is 21.4. The van der Waals surface area contributed by atoms with Gasteiger partial charge in [-0.05, 0) is 31.5 Å². The standard InChI is InChI=1S/C13H16N2O2/c16-9-10-4-3-7-15(10)8-13-14-11-5-1-2-6-12(11)17-13/h1-2,5-6,10,16H,3-4,7-9H2. The van der Waals surface area contributed by atoms with Gasteiger partial charge in [-0.2, -0.15) is 0 Å². The highest BCUT2D eigenvalue weighted by molar-refractivity contribution is 5.72. The third kappa shape index (κ3) is 2.06. The maximum absolute atomic E-state index is 9.26. The summed E-state index contributed by atoms with van der Waals surface area (Å²) in [6.07, 6.45) is 2.21. The Balaban J connectivity index is 1.80. The van der Waals surface area contributed by atoms with E-state index in [-0.39, 0.29) is 12.6 Å². The Morgan fingerprint density at radius 1 is 1.41 bits per heavy atom. The van der Waals surface area contributed by atoms with Gasteiger partial charge in [0.15, 0.2) is 5.58 Å². The molecule has 0 bridgehead atoms. The van der Waals surface area contributed by atoms with Crippen molar-refractivity contribution in [3.63, 3.8) is 0 Å². The van der Waals surface area contributed by atoms with Gasteiger partial charge in [0.2, 0.25) is 5.89 Å². The monoisotopic (exact) mass is 232 g/mol. The van der Waals surface area contributed by atoms with Crippen molar-refractivity contribution in [1.82, 2.24) is 9.88 Å². The molecule has 1 saturated heterocycles. The van der Waals surface area contributed by atoms with Crippen molar-refractivity contribution in [2.45, 2.75) is 25.4 Å². The van der Waals surface area contributed by atoms with Gasteiger partial charge in [0.25, 0.3) is 0 Å². The summed E-state index contributed by atoms with van der Waals surface area (Å²) in [6.45, 7) is 1.93. The molecule has 0 aliphatic carbocycles. The quantitative estimate of drug-likeness (QED) is 0.876. The summed E-state index contributed by atoms with van der Waals surface area (Å²) in [5.74, 6) is 0.742. The average molecular weight is 232 g/mol. The van der Waals surface area contributed by atoms with Crippen molar-refractivity contribution >= 4 is 11.1 Å². The number of likely N-dealkylation sites (tertiary alicyclic amines) is 1. The van der Waals surface area contributed by atoms with Gasteiger partial charge >= 0.3 is 0 Å². The highest BCUT2D eigenvalue weighted by atomic mass is 16.3. The van der Waals surface area contributed by atoms with E-state index in [0.717, 1.165) is 36.4 Å². The zero-order chi connectivity index (χ0) is 11.7. The number of nitrogens with zero attached hydrogens (tertiary/aromatic N) is 2. The van der Waals surface area contributed by atoms with E-state index >= 15 is 0 Å². The number of oxazole rings is 1. The molecule has 1 unspecified atom stereocenters. The first-order valence-corrected chi connectivity index (χ1v) is 6.06. The average Bonchev–Trinajstić information content (AvgIpc) is 2.94. The van der Waals surface area contributed by atoms with Crippen molar-refractivity contribution < 1.29 is 9.52 Å². The summed E-state index contributed by atoms with van der Waals surface area (Å²) in [4.78, 5) is 6.70. The van der Waals surface area contributed by atoms with Crippen LogP contribution >= 0.6 is 0 Å². The molecule has 1 N–H and O–H groups in total. The first-order chi connectivity index (χ1) is 8.36. The lowest BCUT2D eigenvalue weighted by Crippen LogP contribution is -2.31. The molecule has 1 aliphatic heterocycles. The molecule has 4 nitrogen and oxygen atoms in total. The van der Waals surface area contributed by atoms with Crippen molar-refractivity contribution in [3.05, 3.63) is 30.2 Å². The largest absolute Gasteiger partial charge is 0.439 e. The predicted molar refractivity (Wildman–Crippen MR) is 64.5 cm³/mol. The Morgan fingerprint density at radius 2 is 2.29 bits per heavy atom. The number of aromatic nitrogens is 1. The fraction of sp³-hybridized carbons (Fsp3) is 0.462. The van der Waals surface area contributed by atoms with E-state index in [0.29, 0.717) is 6.54 Å². The van der Waals surface area contributed by atoms with Gasteiger partial charge in [0.05, 0.1) is 13.2 Å². The lowest BCUT2D eigenvalue weighted by atomic mass is 10.2. The van der Waals surface area contributed by atoms with Gasteiger partial charge in [-0.25, -0.2) is 4.98 Å². The van der Waals surface area contributed by atoms with Crippen LogP contribution in [0.2, 0.25) is 0 Å². The third-order valence-corrected chi connectivity index (χ3v) is 3.39. The third-order valence-electron chi connectivity index (χ3n) is 3.39. The second-order valence-corrected chi connectivity index (χ2v) is 4.52. The van der Waals surface area contributed by atoms with Crippen LogP contribution in [0.4, 0.5) is 0 Å². The molecule has 2 aromatic rings. The molecular formula is C13H16N2O2. The van der Waals surface area contributed by atoms with E-state index in [2.05, 4.69) is 9.88 Å². The van der Waals surface area contributed by atoms with Crippen molar-refractivity contribution in [3.8, 4) is 0 Å². The number of benzene rings is 1. The highest BCUT2D eigenvalue weighted by Gasteiger charge is 2.25. The maximum atomic E-state index is 9.26. The molecule has 1 aromatic heterocycles. The topological polar surface area (TPSA) is 49.5 Å². The van der Waals surface area contributed by atoms with Gasteiger partial charge in [0.1, 0.15) is 5.52 Å². The van der Waals surface area contributed by atoms with E-state index in [4.69, 9.17) is 4.42 Å². The number of para-hydroxylation sites is 2. The van der Waals surface area contributed by atoms with Crippen LogP contribution in [0.1, 0.15) is 18.7 Å². The predicted octanol–water partition coefficient (Wildman–Crippen LogP) is 1.78. The Labute approximate surface area is 99.9 Å². The molecule has 2 heterocycles. The molecule has 17 heavy (non-hydrogen) atoms. The van der Waals surface area contributed by atoms with E-state index in [9.17, 15) is 5.11 Å². The Morgan fingerprint density at radius 3 is 3.12 bits per heavy atom. The SMILES string of the molecule is OCC1CCCN1Cc1nc2ccccc2o1. The Hall–Kier alpha value is -1.39. The highest BCUT2D eigenvalue weighted by Crippen LogP contribution is 2.21. The minimum atomic E-state index is 0.222. The smallest absolute Gasteiger partial charge is 0.209 e. The van der Waals surface area contributed by atoms with Crippen LogP contribution in [0.25, 0.3) is 11.1 Å². The van der Waals surface area contributed by atoms with Crippen molar-refractivity contribution in [2.75, 3.05) is 13.2 Å². The summed E-state index contributed by atoms with van der Waals surface area (Å²) in [6, 6.07) is 8.06. The molecule has 0 radical (unpaired) electrons. The van der Waals surface area contributed by atoms with Crippen LogP contribution in [-0.2, 0) is 6.54 Å². The van der Waals surface area contributed by atoms with Crippen LogP contribution in [0.15, 0.2) is 28.7 Å². The number of fused-ring (bicyclic) bond motifs is 1. The van der Waals surface area contributed by atoms with Crippen molar-refractivity contribution in [2.24, 2.45) is 0 Å². The van der Waals surface area contributed by atoms with Gasteiger partial charge in [-0.3, -0.25) is 4.90 Å². The molecule has 0 saturated carbocycles. The Kier molecular flexibility index (Phi) is 2.82. The number of aliphatic hydroxyl groups excluding tert-OH is 1. The van der Waals surface area contributed by atoms with Crippen LogP contribution in [-0.4, -0.2) is 34.2 Å². The van der Waals surface area contributed by atoms with E-state index < -0.39 is 0 Å². The molecule has 0 spiro atoms. The summed E-state index contributed by atoms with van der Waals surface area (Å²) in [5.41, 5.74) is 1.74. The summed E-state index contributed by atoms with van der Waals surface area (Å²) in [5, 5.41) is 9.26. The first kappa shape index (κ1) is 10.7. The zero-order valence-corrected chi connectivity index (χ0v) is 9.67. The number of hydrogen-bond acceptors (Lipinski definition) is 4. The fourth-order valence-electron chi connectivity index (χ4n) is 2.47. The zero-order valence-electron chi connectivity index (χ0n) is 9.67. The van der Waals surface area contributed by atoms with Crippen LogP contribution < -0.4 is 0 Å². The fourth-order valence-corrected chi connectivity index (χ4v) is 2.47. The molecule has 90 valence electrons. The number of rotatable bonds is 3. The van der Waals surface area contributed by atoms with E-state index in [1.54, 1.807) is 0 Å². The van der Waals surface area contributed by atoms with Crippen LogP contribution in [0.5, 0.6) is 0 Å². The number of aliphatic hydroxyl groups is 1. The molecule has 0 amide bonds. The molecule has 4 heteroatoms.